The zero-order valence-corrected chi connectivity index (χ0v) is 12.8. The largest absolute Gasteiger partial charge is 0.743 e. The van der Waals surface area contributed by atoms with Crippen molar-refractivity contribution in [3.63, 3.8) is 0 Å². The summed E-state index contributed by atoms with van der Waals surface area (Å²) in [5, 5.41) is -5.17. The highest BCUT2D eigenvalue weighted by Crippen LogP contribution is 2.22. The molecule has 0 aliphatic carbocycles. The lowest BCUT2D eigenvalue weighted by Crippen LogP contribution is -2.39. The molecular formula is C8H10F2IO7S-. The fourth-order valence-electron chi connectivity index (χ4n) is 0.626. The Morgan fingerprint density at radius 1 is 1.16 bits per heavy atom. The van der Waals surface area contributed by atoms with Crippen molar-refractivity contribution in [2.24, 2.45) is 0 Å². The van der Waals surface area contributed by atoms with E-state index in [0.717, 1.165) is 0 Å². The molecule has 0 aliphatic rings. The Kier molecular flexibility index (Phi) is 6.08. The van der Waals surface area contributed by atoms with Gasteiger partial charge in [0.2, 0.25) is 0 Å². The Labute approximate surface area is 121 Å². The molecule has 0 radical (unpaired) electrons. The minimum Gasteiger partial charge on any atom is -0.743 e. The fraction of sp³-hybridized carbons (Fsp3) is 0.750. The summed E-state index contributed by atoms with van der Waals surface area (Å²) < 4.78 is 63.0. The smallest absolute Gasteiger partial charge is 0.428 e. The van der Waals surface area contributed by atoms with Crippen molar-refractivity contribution in [2.75, 3.05) is 13.2 Å². The van der Waals surface area contributed by atoms with Crippen LogP contribution in [0.25, 0.3) is 0 Å². The Balaban J connectivity index is 4.25. The van der Waals surface area contributed by atoms with Crippen LogP contribution in [0.5, 0.6) is 0 Å². The van der Waals surface area contributed by atoms with E-state index in [0.29, 0.717) is 0 Å². The van der Waals surface area contributed by atoms with E-state index in [1.807, 2.05) is 0 Å². The number of carbonyl (C=O) groups is 2. The van der Waals surface area contributed by atoms with Crippen molar-refractivity contribution in [1.82, 2.24) is 0 Å². The molecule has 0 atom stereocenters. The van der Waals surface area contributed by atoms with E-state index in [2.05, 4.69) is 9.47 Å². The van der Waals surface area contributed by atoms with E-state index in [-0.39, 0.29) is 0 Å². The first-order valence-electron chi connectivity index (χ1n) is 4.66. The van der Waals surface area contributed by atoms with Crippen LogP contribution in [0.15, 0.2) is 0 Å². The van der Waals surface area contributed by atoms with Crippen LogP contribution in [0.3, 0.4) is 0 Å². The first-order chi connectivity index (χ1) is 8.30. The van der Waals surface area contributed by atoms with E-state index >= 15 is 0 Å². The second-order valence-corrected chi connectivity index (χ2v) is 7.83. The van der Waals surface area contributed by atoms with Crippen LogP contribution in [0.4, 0.5) is 8.78 Å². The Morgan fingerprint density at radius 2 is 1.53 bits per heavy atom. The summed E-state index contributed by atoms with van der Waals surface area (Å²) in [6.07, 6.45) is 0. The maximum absolute atomic E-state index is 12.6. The van der Waals surface area contributed by atoms with E-state index in [4.69, 9.17) is 0 Å². The van der Waals surface area contributed by atoms with Crippen LogP contribution >= 0.6 is 22.6 Å². The number of carbonyl (C=O) groups excluding carboxylic acids is 2. The third kappa shape index (κ3) is 5.52. The predicted molar refractivity (Wildman–Crippen MR) is 64.7 cm³/mol. The van der Waals surface area contributed by atoms with Crippen LogP contribution in [-0.2, 0) is 29.2 Å². The molecule has 0 saturated heterocycles. The van der Waals surface area contributed by atoms with Crippen molar-refractivity contribution in [3.8, 4) is 0 Å². The summed E-state index contributed by atoms with van der Waals surface area (Å²) in [5.74, 6) is -3.18. The molecule has 0 fully saturated rings. The van der Waals surface area contributed by atoms with Crippen molar-refractivity contribution in [1.29, 1.82) is 0 Å². The number of esters is 2. The van der Waals surface area contributed by atoms with Crippen LogP contribution in [0, 0.1) is 0 Å². The number of hydrogen-bond donors (Lipinski definition) is 0. The molecule has 19 heavy (non-hydrogen) atoms. The van der Waals surface area contributed by atoms with Gasteiger partial charge in [-0.2, -0.15) is 8.78 Å². The van der Waals surface area contributed by atoms with Gasteiger partial charge in [-0.15, -0.1) is 0 Å². The first-order valence-corrected chi connectivity index (χ1v) is 7.15. The van der Waals surface area contributed by atoms with Crippen molar-refractivity contribution >= 4 is 44.6 Å². The molecule has 7 nitrogen and oxygen atoms in total. The van der Waals surface area contributed by atoms with Crippen LogP contribution in [0.1, 0.15) is 13.8 Å². The van der Waals surface area contributed by atoms with Gasteiger partial charge in [0.1, 0.15) is 16.6 Å². The summed E-state index contributed by atoms with van der Waals surface area (Å²) in [5.41, 5.74) is 0. The highest BCUT2D eigenvalue weighted by molar-refractivity contribution is 14.1. The molecule has 0 amide bonds. The molecule has 0 spiro atoms. The van der Waals surface area contributed by atoms with E-state index in [1.54, 1.807) is 22.6 Å². The molecule has 0 saturated carbocycles. The van der Waals surface area contributed by atoms with Crippen LogP contribution < -0.4 is 0 Å². The zero-order valence-electron chi connectivity index (χ0n) is 9.81. The zero-order chi connectivity index (χ0) is 15.5. The minimum absolute atomic E-state index is 0.536. The van der Waals surface area contributed by atoms with Gasteiger partial charge in [-0.25, -0.2) is 13.2 Å². The van der Waals surface area contributed by atoms with Gasteiger partial charge in [0, 0.05) is 0 Å². The normalized spacial score (nSPS) is 12.9. The van der Waals surface area contributed by atoms with Crippen molar-refractivity contribution in [3.05, 3.63) is 0 Å². The molecule has 0 aromatic carbocycles. The third-order valence-corrected chi connectivity index (χ3v) is 2.82. The Hall–Kier alpha value is -0.560. The third-order valence-electron chi connectivity index (χ3n) is 1.59. The fourth-order valence-corrected chi connectivity index (χ4v) is 1.05. The summed E-state index contributed by atoms with van der Waals surface area (Å²) >= 11 is 1.77. The minimum atomic E-state index is -6.15. The number of rotatable bonds is 6. The standard InChI is InChI=1S/C8H11F2IO7S/c1-7(2,11)5(12)17-3-4-18-6(13)8(9,10)19(14,15)16/h3-4H2,1-2H3,(H,14,15,16)/p-1. The summed E-state index contributed by atoms with van der Waals surface area (Å²) in [7, 11) is -6.15. The molecule has 0 bridgehead atoms. The number of halogens is 3. The lowest BCUT2D eigenvalue weighted by molar-refractivity contribution is -0.165. The molecule has 0 aliphatic heterocycles. The molecule has 112 valence electrons. The summed E-state index contributed by atoms with van der Waals surface area (Å²) in [4.78, 5) is 21.9. The Morgan fingerprint density at radius 3 is 1.84 bits per heavy atom. The average Bonchev–Trinajstić information content (AvgIpc) is 2.20. The highest BCUT2D eigenvalue weighted by atomic mass is 127. The van der Waals surface area contributed by atoms with Gasteiger partial charge in [0.15, 0.2) is 10.1 Å². The van der Waals surface area contributed by atoms with Gasteiger partial charge in [-0.3, -0.25) is 4.79 Å². The molecule has 0 rings (SSSR count). The van der Waals surface area contributed by atoms with Crippen LogP contribution in [0.2, 0.25) is 0 Å². The van der Waals surface area contributed by atoms with Gasteiger partial charge in [-0.1, -0.05) is 22.6 Å². The molecule has 0 heterocycles. The topological polar surface area (TPSA) is 110 Å². The summed E-state index contributed by atoms with van der Waals surface area (Å²) in [6, 6.07) is 0. The lowest BCUT2D eigenvalue weighted by Gasteiger charge is -2.18. The van der Waals surface area contributed by atoms with E-state index < -0.39 is 43.9 Å². The quantitative estimate of drug-likeness (QED) is 0.203. The van der Waals surface area contributed by atoms with Gasteiger partial charge in [-0.05, 0) is 13.8 Å². The van der Waals surface area contributed by atoms with Crippen molar-refractivity contribution in [2.45, 2.75) is 22.5 Å². The van der Waals surface area contributed by atoms with Gasteiger partial charge in [0.25, 0.3) is 0 Å². The van der Waals surface area contributed by atoms with E-state index in [1.165, 1.54) is 13.8 Å². The highest BCUT2D eigenvalue weighted by Gasteiger charge is 2.48. The number of ether oxygens (including phenoxy) is 2. The number of alkyl halides is 3. The monoisotopic (exact) mass is 415 g/mol. The SMILES string of the molecule is CC(C)(I)C(=O)OCCOC(=O)C(F)(F)S(=O)(=O)[O-]. The van der Waals surface area contributed by atoms with E-state index in [9.17, 15) is 31.3 Å². The van der Waals surface area contributed by atoms with Gasteiger partial charge < -0.3 is 14.0 Å². The maximum atomic E-state index is 12.6. The lowest BCUT2D eigenvalue weighted by atomic mass is 10.2. The first kappa shape index (κ1) is 18.4. The predicted octanol–water partition coefficient (Wildman–Crippen LogP) is 0.424. The molecular weight excluding hydrogens is 405 g/mol. The second-order valence-electron chi connectivity index (χ2n) is 3.72. The maximum Gasteiger partial charge on any atom is 0.428 e. The molecule has 11 heteroatoms. The second kappa shape index (κ2) is 6.26. The Bertz CT molecular complexity index is 454. The van der Waals surface area contributed by atoms with Gasteiger partial charge >= 0.3 is 17.2 Å². The molecule has 0 N–H and O–H groups in total. The molecule has 0 aromatic rings. The number of hydrogen-bond acceptors (Lipinski definition) is 7. The molecule has 0 aromatic heterocycles. The van der Waals surface area contributed by atoms with Gasteiger partial charge in [0.05, 0.1) is 0 Å². The van der Waals surface area contributed by atoms with Crippen molar-refractivity contribution < 1.29 is 40.8 Å². The molecule has 0 unspecified atom stereocenters. The summed E-state index contributed by atoms with van der Waals surface area (Å²) in [6.45, 7) is 1.73. The van der Waals surface area contributed by atoms with Crippen LogP contribution in [-0.4, -0.2) is 46.8 Å². The average molecular weight is 415 g/mol.